The van der Waals surface area contributed by atoms with Gasteiger partial charge in [-0.3, -0.25) is 4.57 Å². The zero-order chi connectivity index (χ0) is 43.2. The highest BCUT2D eigenvalue weighted by molar-refractivity contribution is 6.23. The zero-order valence-electron chi connectivity index (χ0n) is 36.2. The van der Waals surface area contributed by atoms with Crippen LogP contribution in [0.3, 0.4) is 0 Å². The summed E-state index contributed by atoms with van der Waals surface area (Å²) >= 11 is 0. The van der Waals surface area contributed by atoms with Gasteiger partial charge < -0.3 is 4.57 Å². The Hall–Kier alpha value is -8.15. The maximum atomic E-state index is 5.57. The third-order valence-electron chi connectivity index (χ3n) is 13.8. The lowest BCUT2D eigenvalue weighted by molar-refractivity contribution is 0.660. The topological polar surface area (TPSA) is 48.5 Å². The van der Waals surface area contributed by atoms with E-state index in [1.165, 1.54) is 49.9 Å². The van der Waals surface area contributed by atoms with Gasteiger partial charge in [-0.15, -0.1) is 0 Å². The van der Waals surface area contributed by atoms with E-state index in [-0.39, 0.29) is 5.41 Å². The van der Waals surface area contributed by atoms with Crippen LogP contribution in [0.5, 0.6) is 0 Å². The molecule has 0 atom stereocenters. The lowest BCUT2D eigenvalue weighted by Gasteiger charge is -2.21. The van der Waals surface area contributed by atoms with Crippen LogP contribution in [-0.4, -0.2) is 24.1 Å². The van der Waals surface area contributed by atoms with Crippen LogP contribution in [0.1, 0.15) is 43.4 Å². The van der Waals surface area contributed by atoms with Crippen molar-refractivity contribution in [1.29, 1.82) is 0 Å². The second-order valence-electron chi connectivity index (χ2n) is 17.8. The monoisotopic (exact) mass is 833 g/mol. The summed E-state index contributed by atoms with van der Waals surface area (Å²) in [7, 11) is 0. The molecule has 5 heteroatoms. The van der Waals surface area contributed by atoms with Crippen molar-refractivity contribution in [2.45, 2.75) is 32.1 Å². The number of benzene rings is 8. The molecule has 0 N–H and O–H groups in total. The Morgan fingerprint density at radius 3 is 1.80 bits per heavy atom. The average molecular weight is 834 g/mol. The Kier molecular flexibility index (Phi) is 8.31. The summed E-state index contributed by atoms with van der Waals surface area (Å²) in [5.74, 6) is 1.84. The van der Waals surface area contributed by atoms with Gasteiger partial charge in [0, 0.05) is 43.8 Å². The van der Waals surface area contributed by atoms with Gasteiger partial charge in [0.25, 0.3) is 0 Å². The summed E-state index contributed by atoms with van der Waals surface area (Å²) in [4.78, 5) is 16.3. The van der Waals surface area contributed by atoms with Crippen LogP contribution in [0.2, 0.25) is 0 Å². The SMILES string of the molecule is CC1(C)c2ccccc2-c2c(-c3nc(-c4ccccc4)nc(-n4c5ccccc5c5ccc6c7ccccc7n(-c7ccc(C8=CCCC=C8)c(-c8ccccc8)c7)c6c54)n3)cccc21. The van der Waals surface area contributed by atoms with Crippen LogP contribution in [0, 0.1) is 0 Å². The van der Waals surface area contributed by atoms with Crippen molar-refractivity contribution >= 4 is 49.2 Å². The molecule has 8 aromatic carbocycles. The smallest absolute Gasteiger partial charge is 0.238 e. The Bertz CT molecular complexity index is 3790. The van der Waals surface area contributed by atoms with Crippen molar-refractivity contribution in [2.24, 2.45) is 0 Å². The standard InChI is InChI=1S/C60H43N5/c1-60(2)50-29-15-12-27-47(50)54-48(28-18-30-51(54)60)58-61-57(40-23-10-5-11-24-40)62-59(63-58)65-53-32-17-14-26-44(53)46-36-35-45-43-25-13-16-31-52(43)64(55(45)56(46)65)41-33-34-42(38-19-6-3-7-20-38)49(37-41)39-21-8-4-9-22-39/h4-6,8-37H,3,7H2,1-2H3. The highest BCUT2D eigenvalue weighted by Crippen LogP contribution is 2.52. The van der Waals surface area contributed by atoms with Crippen molar-refractivity contribution in [3.8, 4) is 56.7 Å². The summed E-state index contributed by atoms with van der Waals surface area (Å²) in [6.07, 6.45) is 9.06. The van der Waals surface area contributed by atoms with Crippen molar-refractivity contribution in [2.75, 3.05) is 0 Å². The maximum absolute atomic E-state index is 5.57. The van der Waals surface area contributed by atoms with Crippen molar-refractivity contribution in [3.63, 3.8) is 0 Å². The van der Waals surface area contributed by atoms with Gasteiger partial charge in [-0.05, 0) is 81.6 Å². The number of allylic oxidation sites excluding steroid dienone is 4. The van der Waals surface area contributed by atoms with Gasteiger partial charge in [0.05, 0.1) is 22.1 Å². The van der Waals surface area contributed by atoms with Crippen LogP contribution in [-0.2, 0) is 5.41 Å². The molecule has 0 bridgehead atoms. The molecule has 0 aliphatic heterocycles. The highest BCUT2D eigenvalue weighted by Gasteiger charge is 2.37. The minimum atomic E-state index is -0.172. The fourth-order valence-corrected chi connectivity index (χ4v) is 10.8. The quantitative estimate of drug-likeness (QED) is 0.168. The van der Waals surface area contributed by atoms with E-state index in [0.29, 0.717) is 17.6 Å². The predicted molar refractivity (Wildman–Crippen MR) is 269 cm³/mol. The second kappa shape index (κ2) is 14.4. The molecule has 0 unspecified atom stereocenters. The van der Waals surface area contributed by atoms with Gasteiger partial charge >= 0.3 is 0 Å². The summed E-state index contributed by atoms with van der Waals surface area (Å²) in [5.41, 5.74) is 17.1. The molecule has 0 spiro atoms. The zero-order valence-corrected chi connectivity index (χ0v) is 36.2. The molecule has 0 amide bonds. The van der Waals surface area contributed by atoms with E-state index in [2.05, 4.69) is 217 Å². The Balaban J connectivity index is 1.14. The van der Waals surface area contributed by atoms with E-state index < -0.39 is 0 Å². The molecule has 3 heterocycles. The van der Waals surface area contributed by atoms with Crippen LogP contribution in [0.4, 0.5) is 0 Å². The number of fused-ring (bicyclic) bond motifs is 10. The lowest BCUT2D eigenvalue weighted by Crippen LogP contribution is -2.14. The molecular weight excluding hydrogens is 791 g/mol. The van der Waals surface area contributed by atoms with E-state index >= 15 is 0 Å². The fourth-order valence-electron chi connectivity index (χ4n) is 10.8. The molecule has 308 valence electrons. The molecule has 13 rings (SSSR count). The Labute approximate surface area is 377 Å². The first-order valence-corrected chi connectivity index (χ1v) is 22.6. The van der Waals surface area contributed by atoms with E-state index in [1.807, 2.05) is 6.07 Å². The number of hydrogen-bond donors (Lipinski definition) is 0. The summed E-state index contributed by atoms with van der Waals surface area (Å²) in [5, 5.41) is 4.62. The van der Waals surface area contributed by atoms with E-state index in [0.717, 1.165) is 67.9 Å². The van der Waals surface area contributed by atoms with Crippen molar-refractivity contribution < 1.29 is 0 Å². The number of aromatic nitrogens is 5. The summed E-state index contributed by atoms with van der Waals surface area (Å²) in [6, 6.07) is 65.6. The molecule has 0 saturated heterocycles. The fraction of sp³-hybridized carbons (Fsp3) is 0.0833. The molecule has 3 aromatic heterocycles. The van der Waals surface area contributed by atoms with Gasteiger partial charge in [0.1, 0.15) is 0 Å². The molecule has 11 aromatic rings. The van der Waals surface area contributed by atoms with Crippen LogP contribution < -0.4 is 0 Å². The molecular formula is C60H43N5. The third-order valence-corrected chi connectivity index (χ3v) is 13.8. The molecule has 2 aliphatic rings. The number of rotatable bonds is 6. The van der Waals surface area contributed by atoms with E-state index in [4.69, 9.17) is 15.0 Å². The van der Waals surface area contributed by atoms with Gasteiger partial charge in [-0.25, -0.2) is 4.98 Å². The second-order valence-corrected chi connectivity index (χ2v) is 17.8. The number of hydrogen-bond acceptors (Lipinski definition) is 3. The normalized spacial score (nSPS) is 14.0. The first-order valence-electron chi connectivity index (χ1n) is 22.6. The molecule has 65 heavy (non-hydrogen) atoms. The van der Waals surface area contributed by atoms with Gasteiger partial charge in [-0.1, -0.05) is 190 Å². The minimum absolute atomic E-state index is 0.172. The van der Waals surface area contributed by atoms with Crippen molar-refractivity contribution in [1.82, 2.24) is 24.1 Å². The average Bonchev–Trinajstić information content (AvgIpc) is 3.98. The Morgan fingerprint density at radius 2 is 1.06 bits per heavy atom. The maximum Gasteiger partial charge on any atom is 0.238 e. The summed E-state index contributed by atoms with van der Waals surface area (Å²) in [6.45, 7) is 4.64. The minimum Gasteiger partial charge on any atom is -0.307 e. The van der Waals surface area contributed by atoms with Crippen LogP contribution in [0.15, 0.2) is 200 Å². The van der Waals surface area contributed by atoms with Crippen LogP contribution in [0.25, 0.3) is 106 Å². The molecule has 5 nitrogen and oxygen atoms in total. The van der Waals surface area contributed by atoms with Crippen molar-refractivity contribution in [3.05, 3.63) is 217 Å². The summed E-state index contributed by atoms with van der Waals surface area (Å²) < 4.78 is 4.76. The Morgan fingerprint density at radius 1 is 0.446 bits per heavy atom. The predicted octanol–water partition coefficient (Wildman–Crippen LogP) is 15.1. The van der Waals surface area contributed by atoms with E-state index in [9.17, 15) is 0 Å². The molecule has 0 saturated carbocycles. The van der Waals surface area contributed by atoms with Gasteiger partial charge in [-0.2, -0.15) is 9.97 Å². The lowest BCUT2D eigenvalue weighted by atomic mass is 9.82. The van der Waals surface area contributed by atoms with Gasteiger partial charge in [0.15, 0.2) is 11.6 Å². The first kappa shape index (κ1) is 37.4. The van der Waals surface area contributed by atoms with Crippen LogP contribution >= 0.6 is 0 Å². The largest absolute Gasteiger partial charge is 0.307 e. The number of nitrogens with zero attached hydrogens (tertiary/aromatic N) is 5. The van der Waals surface area contributed by atoms with E-state index in [1.54, 1.807) is 0 Å². The van der Waals surface area contributed by atoms with Gasteiger partial charge in [0.2, 0.25) is 5.95 Å². The molecule has 2 aliphatic carbocycles. The third kappa shape index (κ3) is 5.68. The molecule has 0 fully saturated rings. The first-order chi connectivity index (χ1) is 32.0. The number of para-hydroxylation sites is 2. The molecule has 0 radical (unpaired) electrons. The highest BCUT2D eigenvalue weighted by atomic mass is 15.2.